The van der Waals surface area contributed by atoms with Crippen LogP contribution in [0.25, 0.3) is 0 Å². The van der Waals surface area contributed by atoms with Gasteiger partial charge in [-0.05, 0) is 6.42 Å². The summed E-state index contributed by atoms with van der Waals surface area (Å²) in [5.74, 6) is -0.649. The summed E-state index contributed by atoms with van der Waals surface area (Å²) in [6.45, 7) is 2.82. The van der Waals surface area contributed by atoms with Gasteiger partial charge < -0.3 is 15.0 Å². The van der Waals surface area contributed by atoms with Crippen LogP contribution in [-0.2, 0) is 9.53 Å². The third-order valence-electron chi connectivity index (χ3n) is 2.32. The molecule has 0 fully saturated rings. The van der Waals surface area contributed by atoms with Crippen molar-refractivity contribution >= 4 is 39.9 Å². The fraction of sp³-hybridized carbons (Fsp3) is 0.545. The first-order chi connectivity index (χ1) is 9.03. The fourth-order valence-electron chi connectivity index (χ4n) is 1.41. The zero-order valence-corrected chi connectivity index (χ0v) is 12.6. The molecule has 0 aliphatic heterocycles. The van der Waals surface area contributed by atoms with E-state index in [9.17, 15) is 9.59 Å². The standard InChI is InChI=1S/C11H16ClN3O3S/c1-4-5-15(6-7(16)13-2)11-14-9(12)8(19-11)10(17)18-3/h4-6H2,1-3H3,(H,13,16). The van der Waals surface area contributed by atoms with Gasteiger partial charge in [0.15, 0.2) is 15.2 Å². The second kappa shape index (κ2) is 7.30. The van der Waals surface area contributed by atoms with Gasteiger partial charge in [0, 0.05) is 13.6 Å². The van der Waals surface area contributed by atoms with Crippen molar-refractivity contribution in [1.29, 1.82) is 0 Å². The molecule has 1 N–H and O–H groups in total. The fourth-order valence-corrected chi connectivity index (χ4v) is 2.63. The molecule has 0 aliphatic carbocycles. The Labute approximate surface area is 120 Å². The Morgan fingerprint density at radius 2 is 2.21 bits per heavy atom. The number of amides is 1. The van der Waals surface area contributed by atoms with Gasteiger partial charge >= 0.3 is 5.97 Å². The smallest absolute Gasteiger partial charge is 0.351 e. The highest BCUT2D eigenvalue weighted by Crippen LogP contribution is 2.30. The van der Waals surface area contributed by atoms with Crippen molar-refractivity contribution in [2.75, 3.05) is 32.1 Å². The van der Waals surface area contributed by atoms with Crippen LogP contribution in [0.15, 0.2) is 0 Å². The zero-order valence-electron chi connectivity index (χ0n) is 11.0. The Hall–Kier alpha value is -1.34. The number of carbonyl (C=O) groups excluding carboxylic acids is 2. The van der Waals surface area contributed by atoms with E-state index in [-0.39, 0.29) is 22.5 Å². The molecule has 0 atom stereocenters. The van der Waals surface area contributed by atoms with E-state index in [0.717, 1.165) is 17.8 Å². The second-order valence-corrected chi connectivity index (χ2v) is 5.04. The normalized spacial score (nSPS) is 10.1. The van der Waals surface area contributed by atoms with Gasteiger partial charge in [0.25, 0.3) is 0 Å². The lowest BCUT2D eigenvalue weighted by Crippen LogP contribution is -2.36. The molecule has 1 aromatic rings. The van der Waals surface area contributed by atoms with Crippen molar-refractivity contribution in [2.24, 2.45) is 0 Å². The Morgan fingerprint density at radius 1 is 1.53 bits per heavy atom. The summed E-state index contributed by atoms with van der Waals surface area (Å²) in [6.07, 6.45) is 0.849. The molecule has 0 spiro atoms. The minimum Gasteiger partial charge on any atom is -0.465 e. The zero-order chi connectivity index (χ0) is 14.4. The van der Waals surface area contributed by atoms with Crippen LogP contribution in [-0.4, -0.2) is 44.1 Å². The first kappa shape index (κ1) is 15.7. The van der Waals surface area contributed by atoms with Crippen LogP contribution in [0.1, 0.15) is 23.0 Å². The van der Waals surface area contributed by atoms with E-state index in [1.54, 1.807) is 11.9 Å². The van der Waals surface area contributed by atoms with Crippen LogP contribution >= 0.6 is 22.9 Å². The number of esters is 1. The van der Waals surface area contributed by atoms with Gasteiger partial charge in [0.2, 0.25) is 5.91 Å². The van der Waals surface area contributed by atoms with E-state index in [1.165, 1.54) is 7.11 Å². The molecular weight excluding hydrogens is 290 g/mol. The van der Waals surface area contributed by atoms with E-state index in [2.05, 4.69) is 15.0 Å². The summed E-state index contributed by atoms with van der Waals surface area (Å²) in [4.78, 5) is 29.1. The lowest BCUT2D eigenvalue weighted by molar-refractivity contribution is -0.119. The Morgan fingerprint density at radius 3 is 2.74 bits per heavy atom. The van der Waals surface area contributed by atoms with Crippen LogP contribution in [0.4, 0.5) is 5.13 Å². The Balaban J connectivity index is 2.96. The minimum atomic E-state index is -0.523. The average molecular weight is 306 g/mol. The molecule has 0 radical (unpaired) electrons. The summed E-state index contributed by atoms with van der Waals surface area (Å²) in [7, 11) is 2.85. The summed E-state index contributed by atoms with van der Waals surface area (Å²) < 4.78 is 4.62. The molecule has 1 heterocycles. The van der Waals surface area contributed by atoms with E-state index in [4.69, 9.17) is 11.6 Å². The van der Waals surface area contributed by atoms with Gasteiger partial charge in [0.1, 0.15) is 0 Å². The largest absolute Gasteiger partial charge is 0.465 e. The van der Waals surface area contributed by atoms with Crippen molar-refractivity contribution in [3.63, 3.8) is 0 Å². The van der Waals surface area contributed by atoms with Crippen LogP contribution < -0.4 is 10.2 Å². The van der Waals surface area contributed by atoms with Crippen LogP contribution in [0.2, 0.25) is 5.15 Å². The molecule has 1 amide bonds. The number of nitrogens with one attached hydrogen (secondary N) is 1. The number of likely N-dealkylation sites (N-methyl/N-ethyl adjacent to an activating group) is 1. The molecule has 0 bridgehead atoms. The number of rotatable bonds is 6. The van der Waals surface area contributed by atoms with E-state index < -0.39 is 5.97 Å². The average Bonchev–Trinajstić information content (AvgIpc) is 2.79. The number of carbonyl (C=O) groups is 2. The molecule has 1 aromatic heterocycles. The summed E-state index contributed by atoms with van der Waals surface area (Å²) in [5, 5.41) is 3.19. The molecule has 19 heavy (non-hydrogen) atoms. The number of hydrogen-bond donors (Lipinski definition) is 1. The van der Waals surface area contributed by atoms with Crippen molar-refractivity contribution in [2.45, 2.75) is 13.3 Å². The number of hydrogen-bond acceptors (Lipinski definition) is 6. The van der Waals surface area contributed by atoms with Gasteiger partial charge in [-0.3, -0.25) is 4.79 Å². The maximum atomic E-state index is 11.5. The second-order valence-electron chi connectivity index (χ2n) is 3.70. The number of anilines is 1. The molecule has 8 heteroatoms. The van der Waals surface area contributed by atoms with Gasteiger partial charge in [-0.1, -0.05) is 29.9 Å². The van der Waals surface area contributed by atoms with Gasteiger partial charge in [-0.25, -0.2) is 9.78 Å². The molecular formula is C11H16ClN3O3S. The quantitative estimate of drug-likeness (QED) is 0.807. The first-order valence-electron chi connectivity index (χ1n) is 5.73. The summed E-state index contributed by atoms with van der Waals surface area (Å²) >= 11 is 7.03. The highest BCUT2D eigenvalue weighted by Gasteiger charge is 2.21. The van der Waals surface area contributed by atoms with Crippen LogP contribution in [0.5, 0.6) is 0 Å². The van der Waals surface area contributed by atoms with E-state index >= 15 is 0 Å². The predicted molar refractivity (Wildman–Crippen MR) is 75.0 cm³/mol. The highest BCUT2D eigenvalue weighted by molar-refractivity contribution is 7.18. The summed E-state index contributed by atoms with van der Waals surface area (Å²) in [6, 6.07) is 0. The highest BCUT2D eigenvalue weighted by atomic mass is 35.5. The predicted octanol–water partition coefficient (Wildman–Crippen LogP) is 1.55. The summed E-state index contributed by atoms with van der Waals surface area (Å²) in [5.41, 5.74) is 0. The number of halogens is 1. The monoisotopic (exact) mass is 305 g/mol. The molecule has 106 valence electrons. The topological polar surface area (TPSA) is 71.5 Å². The minimum absolute atomic E-state index is 0.102. The van der Waals surface area contributed by atoms with Crippen molar-refractivity contribution in [1.82, 2.24) is 10.3 Å². The maximum Gasteiger partial charge on any atom is 0.351 e. The van der Waals surface area contributed by atoms with E-state index in [1.807, 2.05) is 6.92 Å². The number of nitrogens with zero attached hydrogens (tertiary/aromatic N) is 2. The first-order valence-corrected chi connectivity index (χ1v) is 6.93. The lowest BCUT2D eigenvalue weighted by Gasteiger charge is -2.19. The molecule has 0 saturated carbocycles. The number of aromatic nitrogens is 1. The lowest BCUT2D eigenvalue weighted by atomic mass is 10.4. The van der Waals surface area contributed by atoms with Gasteiger partial charge in [-0.2, -0.15) is 0 Å². The number of methoxy groups -OCH3 is 1. The van der Waals surface area contributed by atoms with Crippen LogP contribution in [0.3, 0.4) is 0 Å². The SMILES string of the molecule is CCCN(CC(=O)NC)c1nc(Cl)c(C(=O)OC)s1. The third kappa shape index (κ3) is 4.07. The van der Waals surface area contributed by atoms with Crippen molar-refractivity contribution in [3.8, 4) is 0 Å². The van der Waals surface area contributed by atoms with Crippen molar-refractivity contribution < 1.29 is 14.3 Å². The molecule has 6 nitrogen and oxygen atoms in total. The van der Waals surface area contributed by atoms with Crippen molar-refractivity contribution in [3.05, 3.63) is 10.0 Å². The van der Waals surface area contributed by atoms with Gasteiger partial charge in [0.05, 0.1) is 13.7 Å². The van der Waals surface area contributed by atoms with E-state index in [0.29, 0.717) is 11.7 Å². The molecule has 0 aliphatic rings. The molecule has 0 saturated heterocycles. The number of ether oxygens (including phenoxy) is 1. The Bertz CT molecular complexity index is 464. The van der Waals surface area contributed by atoms with Gasteiger partial charge in [-0.15, -0.1) is 0 Å². The molecule has 0 unspecified atom stereocenters. The molecule has 1 rings (SSSR count). The Kier molecular flexibility index (Phi) is 6.04. The molecule has 0 aromatic carbocycles. The third-order valence-corrected chi connectivity index (χ3v) is 3.80. The van der Waals surface area contributed by atoms with Crippen LogP contribution in [0, 0.1) is 0 Å². The maximum absolute atomic E-state index is 11.5. The number of thiazole rings is 1.